The fourth-order valence-electron chi connectivity index (χ4n) is 1.74. The third-order valence-electron chi connectivity index (χ3n) is 2.83. The molecule has 0 unspecified atom stereocenters. The van der Waals surface area contributed by atoms with Crippen LogP contribution >= 0.6 is 24.0 Å². The van der Waals surface area contributed by atoms with E-state index in [1.807, 2.05) is 13.8 Å². The van der Waals surface area contributed by atoms with E-state index in [0.717, 1.165) is 24.3 Å². The van der Waals surface area contributed by atoms with Crippen molar-refractivity contribution in [1.82, 2.24) is 16.0 Å². The summed E-state index contributed by atoms with van der Waals surface area (Å²) in [6.45, 7) is 4.70. The third-order valence-corrected chi connectivity index (χ3v) is 2.83. The molecule has 0 radical (unpaired) electrons. The van der Waals surface area contributed by atoms with Gasteiger partial charge in [0, 0.05) is 31.7 Å². The van der Waals surface area contributed by atoms with Gasteiger partial charge in [0.25, 0.3) is 5.91 Å². The van der Waals surface area contributed by atoms with E-state index < -0.39 is 17.6 Å². The van der Waals surface area contributed by atoms with Crippen LogP contribution in [0.1, 0.15) is 29.8 Å². The second-order valence-electron chi connectivity index (χ2n) is 5.13. The molecule has 0 heterocycles. The van der Waals surface area contributed by atoms with Crippen molar-refractivity contribution in [2.75, 3.05) is 20.1 Å². The number of nitrogens with one attached hydrogen (secondary N) is 3. The van der Waals surface area contributed by atoms with Crippen molar-refractivity contribution < 1.29 is 18.0 Å². The number of guanidine groups is 1. The lowest BCUT2D eigenvalue weighted by Crippen LogP contribution is -2.44. The van der Waals surface area contributed by atoms with Crippen LogP contribution in [-0.2, 0) is 6.18 Å². The summed E-state index contributed by atoms with van der Waals surface area (Å²) < 4.78 is 37.3. The molecule has 0 aromatic heterocycles. The van der Waals surface area contributed by atoms with Crippen LogP contribution in [0.15, 0.2) is 29.3 Å². The lowest BCUT2D eigenvalue weighted by molar-refractivity contribution is -0.137. The van der Waals surface area contributed by atoms with Gasteiger partial charge in [-0.15, -0.1) is 24.0 Å². The molecule has 0 aliphatic carbocycles. The van der Waals surface area contributed by atoms with Crippen molar-refractivity contribution in [3.05, 3.63) is 35.4 Å². The highest BCUT2D eigenvalue weighted by Gasteiger charge is 2.30. The molecule has 1 aromatic rings. The summed E-state index contributed by atoms with van der Waals surface area (Å²) in [6, 6.07) is 4.32. The molecule has 3 N–H and O–H groups in total. The van der Waals surface area contributed by atoms with Gasteiger partial charge in [-0.3, -0.25) is 9.79 Å². The monoisotopic (exact) mass is 458 g/mol. The fourth-order valence-corrected chi connectivity index (χ4v) is 1.74. The van der Waals surface area contributed by atoms with E-state index in [-0.39, 0.29) is 35.6 Å². The summed E-state index contributed by atoms with van der Waals surface area (Å²) in [6.07, 6.45) is -4.40. The van der Waals surface area contributed by atoms with Gasteiger partial charge in [-0.2, -0.15) is 13.2 Å². The van der Waals surface area contributed by atoms with Gasteiger partial charge in [0.15, 0.2) is 5.96 Å². The van der Waals surface area contributed by atoms with Crippen LogP contribution in [0.5, 0.6) is 0 Å². The second kappa shape index (κ2) is 10.4. The maximum Gasteiger partial charge on any atom is 0.416 e. The first-order chi connectivity index (χ1) is 10.7. The van der Waals surface area contributed by atoms with Gasteiger partial charge in [0.2, 0.25) is 0 Å². The second-order valence-corrected chi connectivity index (χ2v) is 5.13. The number of benzene rings is 1. The molecule has 1 amide bonds. The largest absolute Gasteiger partial charge is 0.416 e. The molecule has 1 rings (SSSR count). The molecule has 136 valence electrons. The van der Waals surface area contributed by atoms with E-state index in [2.05, 4.69) is 20.9 Å². The zero-order valence-electron chi connectivity index (χ0n) is 13.7. The van der Waals surface area contributed by atoms with E-state index in [0.29, 0.717) is 19.0 Å². The van der Waals surface area contributed by atoms with E-state index >= 15 is 0 Å². The van der Waals surface area contributed by atoms with Gasteiger partial charge in [-0.1, -0.05) is 0 Å². The van der Waals surface area contributed by atoms with E-state index in [1.165, 1.54) is 0 Å². The van der Waals surface area contributed by atoms with Crippen LogP contribution in [0, 0.1) is 0 Å². The minimum Gasteiger partial charge on any atom is -0.355 e. The first-order valence-corrected chi connectivity index (χ1v) is 7.16. The highest BCUT2D eigenvalue weighted by molar-refractivity contribution is 14.0. The summed E-state index contributed by atoms with van der Waals surface area (Å²) >= 11 is 0. The van der Waals surface area contributed by atoms with Crippen LogP contribution in [0.4, 0.5) is 13.2 Å². The molecular formula is C15H22F3IN4O. The Kier molecular flexibility index (Phi) is 9.71. The number of carbonyl (C=O) groups is 1. The highest BCUT2D eigenvalue weighted by atomic mass is 127. The fraction of sp³-hybridized carbons (Fsp3) is 0.467. The Morgan fingerprint density at radius 3 is 2.12 bits per heavy atom. The molecule has 1 aromatic carbocycles. The van der Waals surface area contributed by atoms with Crippen molar-refractivity contribution in [2.24, 2.45) is 4.99 Å². The number of aliphatic imine (C=N–C) groups is 1. The van der Waals surface area contributed by atoms with Gasteiger partial charge < -0.3 is 16.0 Å². The summed E-state index contributed by atoms with van der Waals surface area (Å²) in [5, 5.41) is 8.73. The summed E-state index contributed by atoms with van der Waals surface area (Å²) in [7, 11) is 1.64. The van der Waals surface area contributed by atoms with Gasteiger partial charge in [-0.05, 0) is 38.1 Å². The van der Waals surface area contributed by atoms with Crippen LogP contribution in [0.3, 0.4) is 0 Å². The van der Waals surface area contributed by atoms with Crippen LogP contribution in [0.25, 0.3) is 0 Å². The Morgan fingerprint density at radius 2 is 1.67 bits per heavy atom. The number of carbonyl (C=O) groups excluding carboxylic acids is 1. The predicted octanol–water partition coefficient (Wildman–Crippen LogP) is 2.63. The lowest BCUT2D eigenvalue weighted by atomic mass is 10.1. The maximum absolute atomic E-state index is 12.4. The number of alkyl halides is 3. The molecule has 5 nitrogen and oxygen atoms in total. The Bertz CT molecular complexity index is 545. The SMILES string of the molecule is CN=C(NCCNC(=O)c1ccc(C(F)(F)F)cc1)NC(C)C.I. The van der Waals surface area contributed by atoms with Gasteiger partial charge >= 0.3 is 6.18 Å². The Morgan fingerprint density at radius 1 is 1.12 bits per heavy atom. The zero-order chi connectivity index (χ0) is 17.5. The van der Waals surface area contributed by atoms with Crippen LogP contribution in [0.2, 0.25) is 0 Å². The Labute approximate surface area is 156 Å². The predicted molar refractivity (Wildman–Crippen MR) is 98.8 cm³/mol. The topological polar surface area (TPSA) is 65.5 Å². The van der Waals surface area contributed by atoms with Crippen molar-refractivity contribution in [3.63, 3.8) is 0 Å². The number of hydrogen-bond donors (Lipinski definition) is 3. The minimum absolute atomic E-state index is 0. The number of hydrogen-bond acceptors (Lipinski definition) is 2. The van der Waals surface area contributed by atoms with Crippen molar-refractivity contribution in [2.45, 2.75) is 26.1 Å². The lowest BCUT2D eigenvalue weighted by Gasteiger charge is -2.14. The van der Waals surface area contributed by atoms with Crippen molar-refractivity contribution >= 4 is 35.8 Å². The molecule has 0 bridgehead atoms. The molecule has 9 heteroatoms. The smallest absolute Gasteiger partial charge is 0.355 e. The molecule has 0 aliphatic rings. The van der Waals surface area contributed by atoms with Crippen molar-refractivity contribution in [3.8, 4) is 0 Å². The molecule has 0 spiro atoms. The minimum atomic E-state index is -4.40. The average molecular weight is 458 g/mol. The van der Waals surface area contributed by atoms with Gasteiger partial charge in [0.05, 0.1) is 5.56 Å². The molecule has 0 aliphatic heterocycles. The van der Waals surface area contributed by atoms with Gasteiger partial charge in [0.1, 0.15) is 0 Å². The quantitative estimate of drug-likeness (QED) is 0.275. The first kappa shape index (κ1) is 22.5. The molecule has 24 heavy (non-hydrogen) atoms. The average Bonchev–Trinajstić information content (AvgIpc) is 2.49. The normalized spacial score (nSPS) is 11.7. The summed E-state index contributed by atoms with van der Waals surface area (Å²) in [5.74, 6) is 0.191. The number of nitrogens with zero attached hydrogens (tertiary/aromatic N) is 1. The molecule has 0 atom stereocenters. The van der Waals surface area contributed by atoms with E-state index in [9.17, 15) is 18.0 Å². The van der Waals surface area contributed by atoms with Crippen molar-refractivity contribution in [1.29, 1.82) is 0 Å². The van der Waals surface area contributed by atoms with E-state index in [4.69, 9.17) is 0 Å². The number of halogens is 4. The highest BCUT2D eigenvalue weighted by Crippen LogP contribution is 2.28. The molecule has 0 fully saturated rings. The number of rotatable bonds is 5. The molecular weight excluding hydrogens is 436 g/mol. The number of amides is 1. The van der Waals surface area contributed by atoms with Gasteiger partial charge in [-0.25, -0.2) is 0 Å². The van der Waals surface area contributed by atoms with E-state index in [1.54, 1.807) is 7.05 Å². The molecule has 0 saturated heterocycles. The maximum atomic E-state index is 12.4. The summed E-state index contributed by atoms with van der Waals surface area (Å²) in [4.78, 5) is 15.8. The van der Waals surface area contributed by atoms with Crippen LogP contribution < -0.4 is 16.0 Å². The van der Waals surface area contributed by atoms with Crippen LogP contribution in [-0.4, -0.2) is 38.0 Å². The molecule has 0 saturated carbocycles. The Balaban J connectivity index is 0.00000529. The third kappa shape index (κ3) is 7.84. The Hall–Kier alpha value is -1.52. The standard InChI is InChI=1S/C15H21F3N4O.HI/c1-10(2)22-14(19-3)21-9-8-20-13(23)11-4-6-12(7-5-11)15(16,17)18;/h4-7,10H,8-9H2,1-3H3,(H,20,23)(H2,19,21,22);1H. The zero-order valence-corrected chi connectivity index (χ0v) is 16.0. The first-order valence-electron chi connectivity index (χ1n) is 7.16. The summed E-state index contributed by atoms with van der Waals surface area (Å²) in [5.41, 5.74) is -0.595.